The highest BCUT2D eigenvalue weighted by molar-refractivity contribution is 7.98. The van der Waals surface area contributed by atoms with Gasteiger partial charge in [-0.3, -0.25) is 4.57 Å². The second-order valence-corrected chi connectivity index (χ2v) is 7.39. The molecule has 0 N–H and O–H groups in total. The normalized spacial score (nSPS) is 13.2. The van der Waals surface area contributed by atoms with Crippen molar-refractivity contribution in [2.24, 2.45) is 0 Å². The number of nitrogens with zero attached hydrogens (tertiary/aromatic N) is 2. The Hall–Kier alpha value is -2.27. The molecule has 3 aromatic rings. The van der Waals surface area contributed by atoms with E-state index in [4.69, 9.17) is 4.42 Å². The topological polar surface area (TPSA) is 48.0 Å². The lowest BCUT2D eigenvalue weighted by Crippen LogP contribution is -2.27. The molecule has 2 heterocycles. The summed E-state index contributed by atoms with van der Waals surface area (Å²) in [6.45, 7) is 2.56. The second-order valence-electron chi connectivity index (χ2n) is 6.42. The maximum absolute atomic E-state index is 12.6. The predicted octanol–water partition coefficient (Wildman–Crippen LogP) is 3.97. The first-order valence-electron chi connectivity index (χ1n) is 8.54. The van der Waals surface area contributed by atoms with Crippen LogP contribution in [0, 0.1) is 6.92 Å². The molecule has 0 spiro atoms. The Bertz CT molecular complexity index is 945. The third-order valence-electron chi connectivity index (χ3n) is 4.55. The molecule has 0 radical (unpaired) electrons. The number of hydrogen-bond acceptors (Lipinski definition) is 4. The van der Waals surface area contributed by atoms with Gasteiger partial charge in [0, 0.05) is 17.0 Å². The van der Waals surface area contributed by atoms with E-state index >= 15 is 0 Å². The molecule has 0 saturated heterocycles. The lowest BCUT2D eigenvalue weighted by molar-refractivity contribution is 0.481. The van der Waals surface area contributed by atoms with Crippen molar-refractivity contribution in [3.63, 3.8) is 0 Å². The van der Waals surface area contributed by atoms with E-state index in [1.807, 2.05) is 12.1 Å². The Balaban J connectivity index is 1.62. The van der Waals surface area contributed by atoms with Crippen molar-refractivity contribution >= 4 is 11.8 Å². The zero-order chi connectivity index (χ0) is 17.2. The summed E-state index contributed by atoms with van der Waals surface area (Å²) < 4.78 is 7.18. The number of benzene rings is 1. The number of furan rings is 1. The molecular weight excluding hydrogens is 332 g/mol. The van der Waals surface area contributed by atoms with Crippen LogP contribution in [0.4, 0.5) is 0 Å². The van der Waals surface area contributed by atoms with Crippen molar-refractivity contribution in [2.45, 2.75) is 43.5 Å². The van der Waals surface area contributed by atoms with Gasteiger partial charge in [0.1, 0.15) is 10.8 Å². The van der Waals surface area contributed by atoms with Gasteiger partial charge in [-0.15, -0.1) is 11.8 Å². The van der Waals surface area contributed by atoms with Crippen LogP contribution in [0.2, 0.25) is 0 Å². The van der Waals surface area contributed by atoms with Gasteiger partial charge in [-0.25, -0.2) is 4.79 Å². The zero-order valence-electron chi connectivity index (χ0n) is 14.2. The van der Waals surface area contributed by atoms with Crippen LogP contribution in [0.15, 0.2) is 56.9 Å². The molecule has 0 bridgehead atoms. The predicted molar refractivity (Wildman–Crippen MR) is 99.1 cm³/mol. The lowest BCUT2D eigenvalue weighted by Gasteiger charge is -2.13. The summed E-state index contributed by atoms with van der Waals surface area (Å²) >= 11 is 1.67. The monoisotopic (exact) mass is 352 g/mol. The maximum atomic E-state index is 12.6. The van der Waals surface area contributed by atoms with Crippen LogP contribution >= 0.6 is 11.8 Å². The number of rotatable bonds is 5. The molecule has 4 rings (SSSR count). The minimum atomic E-state index is -0.177. The quantitative estimate of drug-likeness (QED) is 0.515. The van der Waals surface area contributed by atoms with Crippen molar-refractivity contribution in [3.8, 4) is 0 Å². The number of aryl methyl sites for hydroxylation is 1. The Labute approximate surface area is 150 Å². The van der Waals surface area contributed by atoms with E-state index in [-0.39, 0.29) is 5.69 Å². The van der Waals surface area contributed by atoms with Gasteiger partial charge >= 0.3 is 5.69 Å². The highest BCUT2D eigenvalue weighted by Crippen LogP contribution is 2.31. The third-order valence-corrected chi connectivity index (χ3v) is 5.64. The molecule has 4 nitrogen and oxygen atoms in total. The molecule has 5 heteroatoms. The zero-order valence-corrected chi connectivity index (χ0v) is 15.0. The van der Waals surface area contributed by atoms with Crippen molar-refractivity contribution < 1.29 is 4.42 Å². The molecule has 1 aromatic carbocycles. The summed E-state index contributed by atoms with van der Waals surface area (Å²) in [5, 5.41) is 0.898. The first kappa shape index (κ1) is 16.2. The molecule has 0 atom stereocenters. The van der Waals surface area contributed by atoms with Crippen molar-refractivity contribution in [1.82, 2.24) is 9.55 Å². The summed E-state index contributed by atoms with van der Waals surface area (Å²) in [6.07, 6.45) is 4.65. The maximum Gasteiger partial charge on any atom is 0.349 e. The van der Waals surface area contributed by atoms with Gasteiger partial charge in [0.25, 0.3) is 0 Å². The number of hydrogen-bond donors (Lipinski definition) is 0. The van der Waals surface area contributed by atoms with Crippen LogP contribution in [-0.2, 0) is 25.1 Å². The SMILES string of the molecule is Cc1cccc(CSc2nc(=O)n(Cc3ccco3)c3c2CCC3)c1. The Morgan fingerprint density at radius 2 is 2.16 bits per heavy atom. The molecule has 0 saturated carbocycles. The molecule has 0 unspecified atom stereocenters. The number of fused-ring (bicyclic) bond motifs is 1. The van der Waals surface area contributed by atoms with Gasteiger partial charge in [0.2, 0.25) is 0 Å². The Morgan fingerprint density at radius 1 is 1.24 bits per heavy atom. The fourth-order valence-corrected chi connectivity index (χ4v) is 4.40. The lowest BCUT2D eigenvalue weighted by atomic mass is 10.2. The van der Waals surface area contributed by atoms with Crippen LogP contribution in [-0.4, -0.2) is 9.55 Å². The Morgan fingerprint density at radius 3 is 2.96 bits per heavy atom. The highest BCUT2D eigenvalue weighted by atomic mass is 32.2. The minimum Gasteiger partial charge on any atom is -0.467 e. The van der Waals surface area contributed by atoms with Crippen LogP contribution < -0.4 is 5.69 Å². The van der Waals surface area contributed by atoms with Gasteiger partial charge in [0.15, 0.2) is 0 Å². The third kappa shape index (κ3) is 3.42. The molecule has 0 aliphatic heterocycles. The fraction of sp³-hybridized carbons (Fsp3) is 0.300. The van der Waals surface area contributed by atoms with Gasteiger partial charge in [0.05, 0.1) is 12.8 Å². The highest BCUT2D eigenvalue weighted by Gasteiger charge is 2.22. The average molecular weight is 352 g/mol. The molecule has 0 fully saturated rings. The molecule has 0 amide bonds. The molecule has 1 aliphatic carbocycles. The van der Waals surface area contributed by atoms with E-state index in [1.165, 1.54) is 16.7 Å². The van der Waals surface area contributed by atoms with E-state index in [2.05, 4.69) is 36.2 Å². The van der Waals surface area contributed by atoms with E-state index in [0.29, 0.717) is 6.54 Å². The summed E-state index contributed by atoms with van der Waals surface area (Å²) in [6, 6.07) is 12.2. The molecule has 128 valence electrons. The molecular formula is C20H20N2O2S. The first-order chi connectivity index (χ1) is 12.2. The average Bonchev–Trinajstić information content (AvgIpc) is 3.27. The smallest absolute Gasteiger partial charge is 0.349 e. The minimum absolute atomic E-state index is 0.177. The van der Waals surface area contributed by atoms with E-state index in [9.17, 15) is 4.79 Å². The van der Waals surface area contributed by atoms with Gasteiger partial charge in [-0.05, 0) is 43.9 Å². The summed E-state index contributed by atoms with van der Waals surface area (Å²) in [5.41, 5.74) is 4.71. The van der Waals surface area contributed by atoms with Gasteiger partial charge in [-0.2, -0.15) is 4.98 Å². The molecule has 25 heavy (non-hydrogen) atoms. The summed E-state index contributed by atoms with van der Waals surface area (Å²) in [5.74, 6) is 1.63. The first-order valence-corrected chi connectivity index (χ1v) is 9.52. The van der Waals surface area contributed by atoms with Crippen LogP contribution in [0.3, 0.4) is 0 Å². The summed E-state index contributed by atoms with van der Waals surface area (Å²) in [7, 11) is 0. The standard InChI is InChI=1S/C20H20N2O2S/c1-14-5-2-6-15(11-14)13-25-19-17-8-3-9-18(17)22(20(23)21-19)12-16-7-4-10-24-16/h2,4-7,10-11H,3,8-9,12-13H2,1H3. The van der Waals surface area contributed by atoms with E-state index in [0.717, 1.165) is 41.5 Å². The number of thioether (sulfide) groups is 1. The van der Waals surface area contributed by atoms with E-state index < -0.39 is 0 Å². The number of aromatic nitrogens is 2. The molecule has 2 aromatic heterocycles. The van der Waals surface area contributed by atoms with Crippen LogP contribution in [0.5, 0.6) is 0 Å². The van der Waals surface area contributed by atoms with Crippen molar-refractivity contribution in [3.05, 3.63) is 81.3 Å². The summed E-state index contributed by atoms with van der Waals surface area (Å²) in [4.78, 5) is 17.0. The fourth-order valence-electron chi connectivity index (χ4n) is 3.38. The largest absolute Gasteiger partial charge is 0.467 e. The second kappa shape index (κ2) is 6.92. The van der Waals surface area contributed by atoms with Crippen LogP contribution in [0.1, 0.15) is 34.6 Å². The van der Waals surface area contributed by atoms with Gasteiger partial charge in [-0.1, -0.05) is 29.8 Å². The van der Waals surface area contributed by atoms with E-state index in [1.54, 1.807) is 22.6 Å². The Kier molecular flexibility index (Phi) is 4.49. The molecule has 1 aliphatic rings. The van der Waals surface area contributed by atoms with Crippen molar-refractivity contribution in [2.75, 3.05) is 0 Å². The van der Waals surface area contributed by atoms with Crippen molar-refractivity contribution in [1.29, 1.82) is 0 Å². The van der Waals surface area contributed by atoms with Gasteiger partial charge < -0.3 is 4.42 Å². The van der Waals surface area contributed by atoms with Crippen LogP contribution in [0.25, 0.3) is 0 Å².